The van der Waals surface area contributed by atoms with Gasteiger partial charge in [-0.3, -0.25) is 14.4 Å². The van der Waals surface area contributed by atoms with Crippen LogP contribution >= 0.6 is 0 Å². The van der Waals surface area contributed by atoms with Gasteiger partial charge in [-0.05, 0) is 103 Å². The van der Waals surface area contributed by atoms with Gasteiger partial charge in [-0.15, -0.1) is 0 Å². The molecule has 0 aromatic rings. The normalized spacial score (nSPS) is 12.7. The van der Waals surface area contributed by atoms with Crippen molar-refractivity contribution in [3.8, 4) is 0 Å². The van der Waals surface area contributed by atoms with E-state index in [9.17, 15) is 14.4 Å². The van der Waals surface area contributed by atoms with Crippen LogP contribution in [0.5, 0.6) is 0 Å². The van der Waals surface area contributed by atoms with Gasteiger partial charge in [0.05, 0.1) is 0 Å². The van der Waals surface area contributed by atoms with Gasteiger partial charge in [-0.25, -0.2) is 0 Å². The lowest BCUT2D eigenvalue weighted by molar-refractivity contribution is -0.167. The molecule has 6 nitrogen and oxygen atoms in total. The minimum Gasteiger partial charge on any atom is -0.462 e. The molecule has 0 bridgehead atoms. The summed E-state index contributed by atoms with van der Waals surface area (Å²) in [6, 6.07) is 0. The van der Waals surface area contributed by atoms with Gasteiger partial charge < -0.3 is 14.2 Å². The molecule has 0 aliphatic rings. The Hall–Kier alpha value is -3.67. The lowest BCUT2D eigenvalue weighted by atomic mass is 10.0. The third-order valence-corrected chi connectivity index (χ3v) is 14.3. The second kappa shape index (κ2) is 65.8. The van der Waals surface area contributed by atoms with Crippen molar-refractivity contribution in [1.82, 2.24) is 0 Å². The van der Waals surface area contributed by atoms with Crippen LogP contribution in [0.3, 0.4) is 0 Å². The third-order valence-electron chi connectivity index (χ3n) is 14.3. The minimum absolute atomic E-state index is 0.0773. The summed E-state index contributed by atoms with van der Waals surface area (Å²) < 4.78 is 16.9. The van der Waals surface area contributed by atoms with E-state index in [1.165, 1.54) is 173 Å². The summed E-state index contributed by atoms with van der Waals surface area (Å²) in [5.74, 6) is -0.876. The van der Waals surface area contributed by atoms with E-state index in [-0.39, 0.29) is 31.1 Å². The molecule has 0 saturated carbocycles. The Labute approximate surface area is 483 Å². The largest absolute Gasteiger partial charge is 0.462 e. The van der Waals surface area contributed by atoms with Gasteiger partial charge in [0, 0.05) is 19.3 Å². The molecular formula is C72H124O6. The zero-order valence-electron chi connectivity index (χ0n) is 51.4. The van der Waals surface area contributed by atoms with Gasteiger partial charge in [-0.2, -0.15) is 0 Å². The van der Waals surface area contributed by atoms with Crippen molar-refractivity contribution in [2.24, 2.45) is 0 Å². The van der Waals surface area contributed by atoms with Crippen molar-refractivity contribution < 1.29 is 28.6 Å². The number of carbonyl (C=O) groups excluding carboxylic acids is 3. The molecule has 0 aliphatic carbocycles. The summed E-state index contributed by atoms with van der Waals surface area (Å²) in [6.07, 6.45) is 88.4. The highest BCUT2D eigenvalue weighted by Crippen LogP contribution is 2.16. The second-order valence-electron chi connectivity index (χ2n) is 22.0. The molecule has 448 valence electrons. The molecule has 0 rings (SSSR count). The number of allylic oxidation sites excluding steroid dienone is 16. The Morgan fingerprint density at radius 1 is 0.269 bits per heavy atom. The van der Waals surface area contributed by atoms with Crippen LogP contribution in [0.25, 0.3) is 0 Å². The molecule has 0 radical (unpaired) electrons. The maximum atomic E-state index is 12.9. The molecule has 0 heterocycles. The Kier molecular flexibility index (Phi) is 62.7. The van der Waals surface area contributed by atoms with E-state index in [1.54, 1.807) is 0 Å². The van der Waals surface area contributed by atoms with Crippen molar-refractivity contribution in [3.05, 3.63) is 97.2 Å². The lowest BCUT2D eigenvalue weighted by Crippen LogP contribution is -2.30. The standard InChI is InChI=1S/C72H124O6/c1-4-7-10-13-16-19-22-25-27-29-30-31-32-33-34-35-36-37-38-39-40-41-42-44-45-47-50-53-56-59-62-65-71(74)77-68-69(67-76-70(73)64-61-58-55-52-49-24-21-18-15-12-9-6-3)78-72(75)66-63-60-57-54-51-48-46-43-28-26-23-20-17-14-11-8-5-2/h7,10,16,19,25-28,30-31,33-34,36-37,39-40,69H,4-6,8-9,11-15,17-18,20-24,29,32,35,38,41-68H2,1-3H3/b10-7-,19-16-,27-25-,28-26-,31-30-,34-33-,37-36-,40-39-. The molecule has 0 aromatic carbocycles. The van der Waals surface area contributed by atoms with Crippen LogP contribution in [-0.2, 0) is 28.6 Å². The van der Waals surface area contributed by atoms with Gasteiger partial charge in [0.15, 0.2) is 6.10 Å². The average molecular weight is 1090 g/mol. The first-order chi connectivity index (χ1) is 38.5. The number of ether oxygens (including phenoxy) is 3. The van der Waals surface area contributed by atoms with Crippen molar-refractivity contribution in [3.63, 3.8) is 0 Å². The average Bonchev–Trinajstić information content (AvgIpc) is 3.44. The van der Waals surface area contributed by atoms with Gasteiger partial charge in [0.2, 0.25) is 0 Å². The van der Waals surface area contributed by atoms with E-state index in [0.717, 1.165) is 109 Å². The molecular weight excluding hydrogens is 961 g/mol. The topological polar surface area (TPSA) is 78.9 Å². The fraction of sp³-hybridized carbons (Fsp3) is 0.736. The molecule has 1 atom stereocenters. The second-order valence-corrected chi connectivity index (χ2v) is 22.0. The lowest BCUT2D eigenvalue weighted by Gasteiger charge is -2.18. The molecule has 78 heavy (non-hydrogen) atoms. The number of hydrogen-bond acceptors (Lipinski definition) is 6. The van der Waals surface area contributed by atoms with Gasteiger partial charge in [0.1, 0.15) is 13.2 Å². The molecule has 0 aromatic heterocycles. The summed E-state index contributed by atoms with van der Waals surface area (Å²) in [7, 11) is 0. The molecule has 0 saturated heterocycles. The SMILES string of the molecule is CC/C=C\C/C=C\C/C=C\C/C=C\C/C=C\C/C=C\C/C=C\CCCCCCCCCCCC(=O)OCC(COC(=O)CCCCCCCCCCCCCC)OC(=O)CCCCCCCCC/C=C\CCCCCCCC. The smallest absolute Gasteiger partial charge is 0.306 e. The number of rotatable bonds is 60. The van der Waals surface area contributed by atoms with E-state index in [4.69, 9.17) is 14.2 Å². The van der Waals surface area contributed by atoms with Gasteiger partial charge in [-0.1, -0.05) is 298 Å². The number of hydrogen-bond donors (Lipinski definition) is 0. The molecule has 0 fully saturated rings. The van der Waals surface area contributed by atoms with E-state index in [2.05, 4.69) is 118 Å². The monoisotopic (exact) mass is 1080 g/mol. The molecule has 0 spiro atoms. The summed E-state index contributed by atoms with van der Waals surface area (Å²) in [5, 5.41) is 0. The van der Waals surface area contributed by atoms with E-state index < -0.39 is 6.10 Å². The van der Waals surface area contributed by atoms with Crippen molar-refractivity contribution in [2.45, 2.75) is 329 Å². The van der Waals surface area contributed by atoms with Crippen LogP contribution in [0.4, 0.5) is 0 Å². The highest BCUT2D eigenvalue weighted by Gasteiger charge is 2.19. The van der Waals surface area contributed by atoms with Crippen molar-refractivity contribution in [1.29, 1.82) is 0 Å². The Bertz CT molecular complexity index is 1530. The fourth-order valence-corrected chi connectivity index (χ4v) is 9.36. The third kappa shape index (κ3) is 63.2. The zero-order chi connectivity index (χ0) is 56.4. The number of esters is 3. The van der Waals surface area contributed by atoms with Crippen LogP contribution in [0, 0.1) is 0 Å². The fourth-order valence-electron chi connectivity index (χ4n) is 9.36. The minimum atomic E-state index is -0.781. The summed E-state index contributed by atoms with van der Waals surface area (Å²) in [5.41, 5.74) is 0. The van der Waals surface area contributed by atoms with Crippen LogP contribution < -0.4 is 0 Å². The van der Waals surface area contributed by atoms with Crippen molar-refractivity contribution >= 4 is 17.9 Å². The van der Waals surface area contributed by atoms with Crippen LogP contribution in [0.2, 0.25) is 0 Å². The van der Waals surface area contributed by atoms with Crippen LogP contribution in [0.1, 0.15) is 323 Å². The van der Waals surface area contributed by atoms with E-state index in [0.29, 0.717) is 19.3 Å². The molecule has 0 N–H and O–H groups in total. The quantitative estimate of drug-likeness (QED) is 0.0261. The maximum absolute atomic E-state index is 12.9. The first kappa shape index (κ1) is 74.3. The summed E-state index contributed by atoms with van der Waals surface area (Å²) >= 11 is 0. The van der Waals surface area contributed by atoms with Crippen molar-refractivity contribution in [2.75, 3.05) is 13.2 Å². The first-order valence-corrected chi connectivity index (χ1v) is 33.2. The summed E-state index contributed by atoms with van der Waals surface area (Å²) in [6.45, 7) is 6.54. The molecule has 0 amide bonds. The molecule has 6 heteroatoms. The predicted molar refractivity (Wildman–Crippen MR) is 339 cm³/mol. The number of unbranched alkanes of at least 4 members (excludes halogenated alkanes) is 33. The van der Waals surface area contributed by atoms with Gasteiger partial charge in [0.25, 0.3) is 0 Å². The zero-order valence-corrected chi connectivity index (χ0v) is 51.4. The highest BCUT2D eigenvalue weighted by atomic mass is 16.6. The highest BCUT2D eigenvalue weighted by molar-refractivity contribution is 5.71. The van der Waals surface area contributed by atoms with Crippen LogP contribution in [-0.4, -0.2) is 37.2 Å². The molecule has 0 aliphatic heterocycles. The predicted octanol–water partition coefficient (Wildman–Crippen LogP) is 22.8. The first-order valence-electron chi connectivity index (χ1n) is 33.2. The van der Waals surface area contributed by atoms with Crippen LogP contribution in [0.15, 0.2) is 97.2 Å². The van der Waals surface area contributed by atoms with E-state index in [1.807, 2.05) is 0 Å². The van der Waals surface area contributed by atoms with E-state index >= 15 is 0 Å². The Morgan fingerprint density at radius 3 is 0.795 bits per heavy atom. The Balaban J connectivity index is 4.26. The number of carbonyl (C=O) groups is 3. The summed E-state index contributed by atoms with van der Waals surface area (Å²) in [4.78, 5) is 38.3. The van der Waals surface area contributed by atoms with Gasteiger partial charge >= 0.3 is 17.9 Å². The maximum Gasteiger partial charge on any atom is 0.306 e. The molecule has 1 unspecified atom stereocenters. The Morgan fingerprint density at radius 2 is 0.500 bits per heavy atom.